The SMILES string of the molecule is Nc1ccccc1N(CCC(=O)O)S(=O)(=O)NC1CC1. The molecule has 0 unspecified atom stereocenters. The molecule has 0 aliphatic heterocycles. The Kier molecular flexibility index (Phi) is 4.15. The molecule has 0 bridgehead atoms. The van der Waals surface area contributed by atoms with Crippen molar-refractivity contribution in [3.05, 3.63) is 24.3 Å². The first-order valence-electron chi connectivity index (χ1n) is 6.26. The molecule has 1 fully saturated rings. The Hall–Kier alpha value is -1.80. The average Bonchev–Trinajstić information content (AvgIpc) is 3.14. The van der Waals surface area contributed by atoms with Gasteiger partial charge < -0.3 is 10.8 Å². The van der Waals surface area contributed by atoms with Crippen molar-refractivity contribution in [2.75, 3.05) is 16.6 Å². The number of nitrogen functional groups attached to an aromatic ring is 1. The highest BCUT2D eigenvalue weighted by Gasteiger charge is 2.32. The molecule has 0 heterocycles. The number of rotatable bonds is 7. The third kappa shape index (κ3) is 3.61. The van der Waals surface area contributed by atoms with Gasteiger partial charge in [-0.15, -0.1) is 0 Å². The van der Waals surface area contributed by atoms with E-state index in [0.29, 0.717) is 11.4 Å². The van der Waals surface area contributed by atoms with E-state index in [0.717, 1.165) is 17.1 Å². The van der Waals surface area contributed by atoms with Gasteiger partial charge in [0.1, 0.15) is 0 Å². The zero-order valence-electron chi connectivity index (χ0n) is 10.8. The molecule has 0 amide bonds. The molecular formula is C12H17N3O4S. The van der Waals surface area contributed by atoms with E-state index < -0.39 is 16.2 Å². The predicted octanol–water partition coefficient (Wildman–Crippen LogP) is 0.547. The van der Waals surface area contributed by atoms with Crippen molar-refractivity contribution in [3.8, 4) is 0 Å². The van der Waals surface area contributed by atoms with Crippen molar-refractivity contribution in [2.45, 2.75) is 25.3 Å². The lowest BCUT2D eigenvalue weighted by Crippen LogP contribution is -2.43. The summed E-state index contributed by atoms with van der Waals surface area (Å²) in [5.74, 6) is -1.06. The molecule has 1 aliphatic carbocycles. The van der Waals surface area contributed by atoms with Gasteiger partial charge in [-0.25, -0.2) is 0 Å². The largest absolute Gasteiger partial charge is 0.481 e. The van der Waals surface area contributed by atoms with Crippen LogP contribution in [0.4, 0.5) is 11.4 Å². The topological polar surface area (TPSA) is 113 Å². The normalized spacial score (nSPS) is 15.0. The Morgan fingerprint density at radius 1 is 1.40 bits per heavy atom. The molecule has 110 valence electrons. The summed E-state index contributed by atoms with van der Waals surface area (Å²) in [6, 6.07) is 6.43. The first-order chi connectivity index (χ1) is 9.40. The number of nitrogens with one attached hydrogen (secondary N) is 1. The molecule has 20 heavy (non-hydrogen) atoms. The van der Waals surface area contributed by atoms with Crippen LogP contribution in [-0.2, 0) is 15.0 Å². The lowest BCUT2D eigenvalue weighted by atomic mass is 10.2. The van der Waals surface area contributed by atoms with Gasteiger partial charge in [0.2, 0.25) is 0 Å². The Balaban J connectivity index is 2.28. The Labute approximate surface area is 117 Å². The minimum absolute atomic E-state index is 0.0581. The molecule has 2 rings (SSSR count). The van der Waals surface area contributed by atoms with Gasteiger partial charge in [-0.1, -0.05) is 12.1 Å². The number of para-hydroxylation sites is 2. The maximum Gasteiger partial charge on any atom is 0.305 e. The van der Waals surface area contributed by atoms with Crippen LogP contribution in [0.15, 0.2) is 24.3 Å². The number of hydrogen-bond donors (Lipinski definition) is 3. The van der Waals surface area contributed by atoms with Crippen molar-refractivity contribution < 1.29 is 18.3 Å². The van der Waals surface area contributed by atoms with E-state index in [4.69, 9.17) is 10.8 Å². The van der Waals surface area contributed by atoms with Gasteiger partial charge in [-0.05, 0) is 25.0 Å². The summed E-state index contributed by atoms with van der Waals surface area (Å²) < 4.78 is 28.2. The second-order valence-electron chi connectivity index (χ2n) is 4.67. The van der Waals surface area contributed by atoms with E-state index in [2.05, 4.69) is 4.72 Å². The van der Waals surface area contributed by atoms with Crippen LogP contribution in [0.25, 0.3) is 0 Å². The van der Waals surface area contributed by atoms with E-state index in [1.165, 1.54) is 0 Å². The van der Waals surface area contributed by atoms with Gasteiger partial charge in [0.15, 0.2) is 0 Å². The number of hydrogen-bond acceptors (Lipinski definition) is 4. The minimum atomic E-state index is -3.79. The van der Waals surface area contributed by atoms with E-state index in [9.17, 15) is 13.2 Å². The highest BCUT2D eigenvalue weighted by Crippen LogP contribution is 2.27. The summed E-state index contributed by atoms with van der Waals surface area (Å²) in [6.07, 6.45) is 1.31. The molecular weight excluding hydrogens is 282 g/mol. The number of carbonyl (C=O) groups is 1. The first kappa shape index (κ1) is 14.6. The number of aliphatic carboxylic acids is 1. The first-order valence-corrected chi connectivity index (χ1v) is 7.70. The standard InChI is InChI=1S/C12H17N3O4S/c13-10-3-1-2-4-11(10)15(8-7-12(16)17)20(18,19)14-9-5-6-9/h1-4,9,14H,5-8,13H2,(H,16,17). The van der Waals surface area contributed by atoms with Gasteiger partial charge in [-0.2, -0.15) is 13.1 Å². The molecule has 1 aliphatic rings. The predicted molar refractivity (Wildman–Crippen MR) is 75.5 cm³/mol. The van der Waals surface area contributed by atoms with Crippen LogP contribution in [0.5, 0.6) is 0 Å². The second-order valence-corrected chi connectivity index (χ2v) is 6.30. The monoisotopic (exact) mass is 299 g/mol. The fourth-order valence-electron chi connectivity index (χ4n) is 1.76. The molecule has 0 atom stereocenters. The number of benzene rings is 1. The number of carboxylic acids is 1. The molecule has 0 saturated heterocycles. The van der Waals surface area contributed by atoms with Crippen LogP contribution < -0.4 is 14.8 Å². The average molecular weight is 299 g/mol. The minimum Gasteiger partial charge on any atom is -0.481 e. The molecule has 7 nitrogen and oxygen atoms in total. The number of nitrogens with two attached hydrogens (primary N) is 1. The van der Waals surface area contributed by atoms with Crippen molar-refractivity contribution in [2.24, 2.45) is 0 Å². The fourth-order valence-corrected chi connectivity index (χ4v) is 3.30. The highest BCUT2D eigenvalue weighted by atomic mass is 32.2. The summed E-state index contributed by atoms with van der Waals surface area (Å²) >= 11 is 0. The van der Waals surface area contributed by atoms with E-state index in [1.807, 2.05) is 0 Å². The van der Waals surface area contributed by atoms with E-state index in [-0.39, 0.29) is 19.0 Å². The number of carboxylic acid groups (broad SMARTS) is 1. The zero-order valence-corrected chi connectivity index (χ0v) is 11.6. The third-order valence-electron chi connectivity index (χ3n) is 2.92. The lowest BCUT2D eigenvalue weighted by Gasteiger charge is -2.25. The summed E-state index contributed by atoms with van der Waals surface area (Å²) in [4.78, 5) is 10.7. The van der Waals surface area contributed by atoms with E-state index in [1.54, 1.807) is 24.3 Å². The summed E-state index contributed by atoms with van der Waals surface area (Å²) in [6.45, 7) is -0.161. The maximum absolute atomic E-state index is 12.3. The third-order valence-corrected chi connectivity index (χ3v) is 4.51. The number of nitrogens with zero attached hydrogens (tertiary/aromatic N) is 1. The van der Waals surface area contributed by atoms with Crippen LogP contribution in [0.1, 0.15) is 19.3 Å². The Morgan fingerprint density at radius 2 is 2.05 bits per heavy atom. The fraction of sp³-hybridized carbons (Fsp3) is 0.417. The molecule has 0 radical (unpaired) electrons. The van der Waals surface area contributed by atoms with E-state index >= 15 is 0 Å². The lowest BCUT2D eigenvalue weighted by molar-refractivity contribution is -0.136. The van der Waals surface area contributed by atoms with Crippen LogP contribution in [-0.4, -0.2) is 32.1 Å². The molecule has 1 aromatic rings. The van der Waals surface area contributed by atoms with Crippen LogP contribution in [0, 0.1) is 0 Å². The second kappa shape index (κ2) is 5.68. The van der Waals surface area contributed by atoms with Gasteiger partial charge in [0.25, 0.3) is 0 Å². The molecule has 8 heteroatoms. The van der Waals surface area contributed by atoms with Crippen LogP contribution in [0.2, 0.25) is 0 Å². The molecule has 0 aromatic heterocycles. The maximum atomic E-state index is 12.3. The molecule has 1 aromatic carbocycles. The van der Waals surface area contributed by atoms with Gasteiger partial charge in [0, 0.05) is 12.6 Å². The Morgan fingerprint density at radius 3 is 2.60 bits per heavy atom. The van der Waals surface area contributed by atoms with Crippen LogP contribution in [0.3, 0.4) is 0 Å². The zero-order chi connectivity index (χ0) is 14.8. The summed E-state index contributed by atoms with van der Waals surface area (Å²) in [5.41, 5.74) is 6.37. The van der Waals surface area contributed by atoms with Crippen molar-refractivity contribution in [1.29, 1.82) is 0 Å². The summed E-state index contributed by atoms with van der Waals surface area (Å²) in [7, 11) is -3.79. The van der Waals surface area contributed by atoms with Crippen molar-refractivity contribution in [3.63, 3.8) is 0 Å². The highest BCUT2D eigenvalue weighted by molar-refractivity contribution is 7.90. The van der Waals surface area contributed by atoms with Crippen LogP contribution >= 0.6 is 0 Å². The Bertz CT molecular complexity index is 598. The molecule has 0 spiro atoms. The molecule has 4 N–H and O–H groups in total. The smallest absolute Gasteiger partial charge is 0.305 e. The molecule has 1 saturated carbocycles. The quantitative estimate of drug-likeness (QED) is 0.636. The number of anilines is 2. The van der Waals surface area contributed by atoms with Gasteiger partial charge in [0.05, 0.1) is 17.8 Å². The van der Waals surface area contributed by atoms with Gasteiger partial charge in [-0.3, -0.25) is 9.10 Å². The van der Waals surface area contributed by atoms with Crippen molar-refractivity contribution in [1.82, 2.24) is 4.72 Å². The van der Waals surface area contributed by atoms with Crippen molar-refractivity contribution >= 4 is 27.6 Å². The summed E-state index contributed by atoms with van der Waals surface area (Å²) in [5, 5.41) is 8.77. The van der Waals surface area contributed by atoms with Gasteiger partial charge >= 0.3 is 16.2 Å².